The third kappa shape index (κ3) is 4.75. The molecule has 1 atom stereocenters. The second kappa shape index (κ2) is 9.77. The van der Waals surface area contributed by atoms with Crippen LogP contribution in [-0.4, -0.2) is 22.6 Å². The van der Waals surface area contributed by atoms with E-state index < -0.39 is 22.9 Å². The van der Waals surface area contributed by atoms with Crippen LogP contribution in [0.5, 0.6) is 5.75 Å². The average Bonchev–Trinajstić information content (AvgIpc) is 2.76. The molecule has 0 saturated carbocycles. The van der Waals surface area contributed by atoms with Crippen molar-refractivity contribution in [1.29, 1.82) is 0 Å². The molecule has 33 heavy (non-hydrogen) atoms. The van der Waals surface area contributed by atoms with E-state index in [1.54, 1.807) is 6.07 Å². The van der Waals surface area contributed by atoms with Gasteiger partial charge >= 0.3 is 6.18 Å². The Balaban J connectivity index is 0.00000306. The number of likely N-dealkylation sites (tertiary alicyclic amines) is 1. The predicted molar refractivity (Wildman–Crippen MR) is 125 cm³/mol. The molecule has 0 bridgehead atoms. The quantitative estimate of drug-likeness (QED) is 0.426. The highest BCUT2D eigenvalue weighted by Gasteiger charge is 2.40. The molecule has 0 aliphatic carbocycles. The maximum absolute atomic E-state index is 14.0. The second-order valence-electron chi connectivity index (χ2n) is 8.08. The number of aromatic hydroxyl groups is 1. The summed E-state index contributed by atoms with van der Waals surface area (Å²) in [7, 11) is 0. The van der Waals surface area contributed by atoms with Crippen molar-refractivity contribution in [2.75, 3.05) is 6.54 Å². The number of piperidine rings is 1. The molecule has 3 aromatic rings. The van der Waals surface area contributed by atoms with Crippen LogP contribution in [0.15, 0.2) is 45.6 Å². The Hall–Kier alpha value is -2.51. The Bertz CT molecular complexity index is 1210. The summed E-state index contributed by atoms with van der Waals surface area (Å²) < 4.78 is 47.5. The summed E-state index contributed by atoms with van der Waals surface area (Å²) in [6.07, 6.45) is -1.00. The van der Waals surface area contributed by atoms with E-state index in [0.717, 1.165) is 32.2 Å². The number of nitrogens with zero attached hydrogens (tertiary/aromatic N) is 1. The van der Waals surface area contributed by atoms with Gasteiger partial charge in [0.15, 0.2) is 0 Å². The van der Waals surface area contributed by atoms with Crippen LogP contribution in [0.25, 0.3) is 22.1 Å². The Morgan fingerprint density at radius 1 is 1.18 bits per heavy atom. The molecule has 1 saturated heterocycles. The number of halogens is 4. The number of hydrogen-bond donors (Lipinski definition) is 1. The van der Waals surface area contributed by atoms with Crippen molar-refractivity contribution in [3.05, 3.63) is 63.0 Å². The number of fused-ring (bicyclic) bond motifs is 1. The van der Waals surface area contributed by atoms with Crippen LogP contribution in [0.1, 0.15) is 51.4 Å². The van der Waals surface area contributed by atoms with Crippen LogP contribution < -0.4 is 5.43 Å². The number of alkyl halides is 3. The number of benzene rings is 2. The zero-order chi connectivity index (χ0) is 23.0. The molecule has 8 heteroatoms. The fraction of sp³-hybridized carbons (Fsp3) is 0.400. The predicted octanol–water partition coefficient (Wildman–Crippen LogP) is 7.24. The average molecular weight is 482 g/mol. The molecule has 0 amide bonds. The molecular formula is C25H27ClF3NO3. The summed E-state index contributed by atoms with van der Waals surface area (Å²) in [6.45, 7) is 3.03. The van der Waals surface area contributed by atoms with Crippen molar-refractivity contribution in [2.45, 2.75) is 58.8 Å². The molecule has 1 aliphatic rings. The van der Waals surface area contributed by atoms with Gasteiger partial charge in [0.05, 0.1) is 16.5 Å². The lowest BCUT2D eigenvalue weighted by atomic mass is 9.97. The van der Waals surface area contributed by atoms with E-state index in [4.69, 9.17) is 16.0 Å². The zero-order valence-electron chi connectivity index (χ0n) is 17.5. The highest BCUT2D eigenvalue weighted by molar-refractivity contribution is 6.33. The minimum atomic E-state index is -4.93. The molecule has 2 aromatic carbocycles. The number of hydrogen-bond acceptors (Lipinski definition) is 4. The first-order chi connectivity index (χ1) is 15.2. The topological polar surface area (TPSA) is 53.7 Å². The minimum Gasteiger partial charge on any atom is -0.507 e. The SMILES string of the molecule is C.CCC1CCCCN1Cc1c(O)ccc2c(=O)c(-c3ccccc3Cl)c(C(F)(F)F)oc12. The highest BCUT2D eigenvalue weighted by Crippen LogP contribution is 2.41. The van der Waals surface area contributed by atoms with Gasteiger partial charge in [-0.25, -0.2) is 0 Å². The van der Waals surface area contributed by atoms with Crippen molar-refractivity contribution in [2.24, 2.45) is 0 Å². The summed E-state index contributed by atoms with van der Waals surface area (Å²) in [5.74, 6) is -1.61. The van der Waals surface area contributed by atoms with Gasteiger partial charge in [-0.15, -0.1) is 0 Å². The summed E-state index contributed by atoms with van der Waals surface area (Å²) in [4.78, 5) is 15.4. The minimum absolute atomic E-state index is 0. The van der Waals surface area contributed by atoms with Gasteiger partial charge in [-0.05, 0) is 44.0 Å². The molecular weight excluding hydrogens is 455 g/mol. The van der Waals surface area contributed by atoms with Crippen molar-refractivity contribution in [1.82, 2.24) is 4.90 Å². The van der Waals surface area contributed by atoms with Gasteiger partial charge in [0.25, 0.3) is 0 Å². The van der Waals surface area contributed by atoms with Gasteiger partial charge in [0.2, 0.25) is 11.2 Å². The van der Waals surface area contributed by atoms with Crippen molar-refractivity contribution in [3.8, 4) is 16.9 Å². The fourth-order valence-electron chi connectivity index (χ4n) is 4.50. The normalized spacial score (nSPS) is 17.2. The highest BCUT2D eigenvalue weighted by atomic mass is 35.5. The maximum atomic E-state index is 14.0. The molecule has 2 heterocycles. The Morgan fingerprint density at radius 2 is 1.91 bits per heavy atom. The number of phenolic OH excluding ortho intramolecular Hbond substituents is 1. The van der Waals surface area contributed by atoms with Crippen LogP contribution >= 0.6 is 11.6 Å². The summed E-state index contributed by atoms with van der Waals surface area (Å²) >= 11 is 6.13. The van der Waals surface area contributed by atoms with E-state index in [9.17, 15) is 23.1 Å². The Kier molecular flexibility index (Phi) is 7.44. The van der Waals surface area contributed by atoms with E-state index >= 15 is 0 Å². The third-order valence-corrected chi connectivity index (χ3v) is 6.45. The first-order valence-electron chi connectivity index (χ1n) is 10.6. The molecule has 1 fully saturated rings. The summed E-state index contributed by atoms with van der Waals surface area (Å²) in [5.41, 5.74) is -1.56. The third-order valence-electron chi connectivity index (χ3n) is 6.12. The molecule has 0 spiro atoms. The first kappa shape index (κ1) is 25.1. The van der Waals surface area contributed by atoms with Crippen LogP contribution in [0.2, 0.25) is 5.02 Å². The van der Waals surface area contributed by atoms with E-state index in [0.29, 0.717) is 0 Å². The molecule has 178 valence electrons. The van der Waals surface area contributed by atoms with Crippen LogP contribution in [0.3, 0.4) is 0 Å². The molecule has 0 radical (unpaired) electrons. The van der Waals surface area contributed by atoms with Crippen LogP contribution in [0, 0.1) is 0 Å². The van der Waals surface area contributed by atoms with E-state index in [1.165, 1.54) is 30.3 Å². The van der Waals surface area contributed by atoms with Gasteiger partial charge in [0.1, 0.15) is 11.3 Å². The van der Waals surface area contributed by atoms with Crippen LogP contribution in [-0.2, 0) is 12.7 Å². The molecule has 1 aliphatic heterocycles. The van der Waals surface area contributed by atoms with Gasteiger partial charge in [0, 0.05) is 23.2 Å². The van der Waals surface area contributed by atoms with Gasteiger partial charge in [-0.3, -0.25) is 9.69 Å². The summed E-state index contributed by atoms with van der Waals surface area (Å²) in [6, 6.07) is 8.75. The monoisotopic (exact) mass is 481 g/mol. The van der Waals surface area contributed by atoms with Gasteiger partial charge < -0.3 is 9.52 Å². The largest absolute Gasteiger partial charge is 0.507 e. The lowest BCUT2D eigenvalue weighted by Gasteiger charge is -2.35. The van der Waals surface area contributed by atoms with Gasteiger partial charge in [-0.1, -0.05) is 50.6 Å². The van der Waals surface area contributed by atoms with E-state index in [-0.39, 0.29) is 52.9 Å². The molecule has 4 nitrogen and oxygen atoms in total. The standard InChI is InChI=1S/C24H23ClF3NO3.CH4/c1-2-14-7-5-6-12-29(14)13-17-19(30)11-10-16-21(31)20(15-8-3-4-9-18(15)25)23(24(26,27)28)32-22(16)17;/h3-4,8-11,14,30H,2,5-7,12-13H2,1H3;1H4. The van der Waals surface area contributed by atoms with Crippen molar-refractivity contribution < 1.29 is 22.7 Å². The smallest absolute Gasteiger partial charge is 0.450 e. The summed E-state index contributed by atoms with van der Waals surface area (Å²) in [5, 5.41) is 10.5. The number of rotatable bonds is 4. The molecule has 4 rings (SSSR count). The molecule has 1 unspecified atom stereocenters. The maximum Gasteiger partial charge on any atom is 0.450 e. The number of phenols is 1. The second-order valence-corrected chi connectivity index (χ2v) is 8.49. The Labute approximate surface area is 195 Å². The van der Waals surface area contributed by atoms with E-state index in [1.807, 2.05) is 0 Å². The first-order valence-corrected chi connectivity index (χ1v) is 11.0. The van der Waals surface area contributed by atoms with Crippen LogP contribution in [0.4, 0.5) is 13.2 Å². The fourth-order valence-corrected chi connectivity index (χ4v) is 4.73. The molecule has 1 N–H and O–H groups in total. The van der Waals surface area contributed by atoms with E-state index in [2.05, 4.69) is 11.8 Å². The lowest BCUT2D eigenvalue weighted by molar-refractivity contribution is -0.152. The van der Waals surface area contributed by atoms with Crippen molar-refractivity contribution in [3.63, 3.8) is 0 Å². The van der Waals surface area contributed by atoms with Crippen molar-refractivity contribution >= 4 is 22.6 Å². The Morgan fingerprint density at radius 3 is 2.58 bits per heavy atom. The lowest BCUT2D eigenvalue weighted by Crippen LogP contribution is -2.38. The molecule has 1 aromatic heterocycles. The zero-order valence-corrected chi connectivity index (χ0v) is 18.3. The van der Waals surface area contributed by atoms with Gasteiger partial charge in [-0.2, -0.15) is 13.2 Å².